The van der Waals surface area contributed by atoms with Crippen LogP contribution in [0.1, 0.15) is 50.6 Å². The fraction of sp³-hybridized carbons (Fsp3) is 0.370. The van der Waals surface area contributed by atoms with E-state index in [-0.39, 0.29) is 29.5 Å². The summed E-state index contributed by atoms with van der Waals surface area (Å²) in [5.41, 5.74) is 0.324. The number of aryl methyl sites for hydroxylation is 2. The van der Waals surface area contributed by atoms with Gasteiger partial charge in [0.1, 0.15) is 12.4 Å². The van der Waals surface area contributed by atoms with E-state index in [1.165, 1.54) is 10.9 Å². The van der Waals surface area contributed by atoms with Crippen LogP contribution in [0.4, 0.5) is 13.2 Å². The fourth-order valence-electron chi connectivity index (χ4n) is 3.84. The lowest BCUT2D eigenvalue weighted by Crippen LogP contribution is -2.24. The van der Waals surface area contributed by atoms with E-state index in [4.69, 9.17) is 9.47 Å². The van der Waals surface area contributed by atoms with Crippen LogP contribution >= 0.6 is 0 Å². The number of amides is 2. The van der Waals surface area contributed by atoms with Gasteiger partial charge in [-0.25, -0.2) is 0 Å². The van der Waals surface area contributed by atoms with E-state index < -0.39 is 17.6 Å². The molecule has 3 aromatic heterocycles. The molecule has 16 heteroatoms. The molecule has 13 nitrogen and oxygen atoms in total. The second-order valence-electron chi connectivity index (χ2n) is 9.33. The summed E-state index contributed by atoms with van der Waals surface area (Å²) in [5, 5.41) is 21.0. The molecule has 228 valence electrons. The van der Waals surface area contributed by atoms with Crippen LogP contribution in [-0.2, 0) is 37.1 Å². The van der Waals surface area contributed by atoms with Crippen molar-refractivity contribution in [3.8, 4) is 5.75 Å². The average Bonchev–Trinajstić information content (AvgIpc) is 3.67. The normalized spacial score (nSPS) is 11.3. The van der Waals surface area contributed by atoms with Crippen LogP contribution in [0.2, 0.25) is 0 Å². The van der Waals surface area contributed by atoms with Crippen molar-refractivity contribution in [1.82, 2.24) is 45.6 Å². The van der Waals surface area contributed by atoms with E-state index in [0.717, 1.165) is 23.9 Å². The molecule has 1 aromatic carbocycles. The van der Waals surface area contributed by atoms with Crippen molar-refractivity contribution in [2.45, 2.75) is 45.2 Å². The minimum atomic E-state index is -4.50. The molecule has 2 N–H and O–H groups in total. The van der Waals surface area contributed by atoms with Crippen molar-refractivity contribution < 1.29 is 32.2 Å². The third-order valence-electron chi connectivity index (χ3n) is 6.05. The summed E-state index contributed by atoms with van der Waals surface area (Å²) in [6, 6.07) is 9.14. The van der Waals surface area contributed by atoms with Gasteiger partial charge >= 0.3 is 6.18 Å². The number of methoxy groups -OCH3 is 1. The van der Waals surface area contributed by atoms with Gasteiger partial charge in [0.25, 0.3) is 11.8 Å². The molecule has 0 aliphatic heterocycles. The Hall–Kier alpha value is -4.86. The van der Waals surface area contributed by atoms with Crippen molar-refractivity contribution in [2.24, 2.45) is 0 Å². The smallest absolute Gasteiger partial charge is 0.416 e. The summed E-state index contributed by atoms with van der Waals surface area (Å²) >= 11 is 0. The number of hydrogen-bond donors (Lipinski definition) is 2. The van der Waals surface area contributed by atoms with Crippen molar-refractivity contribution >= 4 is 11.8 Å². The number of hydrogen-bond acceptors (Lipinski definition) is 9. The summed E-state index contributed by atoms with van der Waals surface area (Å²) in [4.78, 5) is 28.7. The van der Waals surface area contributed by atoms with Crippen LogP contribution in [0, 0.1) is 0 Å². The van der Waals surface area contributed by atoms with Gasteiger partial charge in [0, 0.05) is 32.9 Å². The van der Waals surface area contributed by atoms with E-state index in [1.807, 2.05) is 24.3 Å². The Morgan fingerprint density at radius 2 is 1.53 bits per heavy atom. The predicted molar refractivity (Wildman–Crippen MR) is 145 cm³/mol. The second kappa shape index (κ2) is 14.9. The standard InChI is InChI=1S/C27H30F3N9O4/c1-42-11-12-43-22-6-4-5-19(13-22)15-32-25(40)23-17-38(36-34-23)9-2-3-10-39-18-24(35-37-39)26(41)33-16-21-14-20(7-8-31-21)27(28,29)30/h4-8,13-14,17-18H,2-3,9-12,15-16H2,1H3,(H,32,40)(H,33,41). The zero-order valence-electron chi connectivity index (χ0n) is 23.3. The lowest BCUT2D eigenvalue weighted by molar-refractivity contribution is -0.137. The molecule has 0 aliphatic rings. The maximum atomic E-state index is 12.9. The van der Waals surface area contributed by atoms with E-state index in [0.29, 0.717) is 51.4 Å². The molecule has 0 fully saturated rings. The van der Waals surface area contributed by atoms with Crippen molar-refractivity contribution in [3.63, 3.8) is 0 Å². The highest BCUT2D eigenvalue weighted by atomic mass is 19.4. The number of nitrogens with one attached hydrogen (secondary N) is 2. The third kappa shape index (κ3) is 9.59. The fourth-order valence-corrected chi connectivity index (χ4v) is 3.84. The minimum Gasteiger partial charge on any atom is -0.491 e. The molecular weight excluding hydrogens is 571 g/mol. The Labute approximate surface area is 244 Å². The number of unbranched alkanes of at least 4 members (excludes halogenated alkanes) is 1. The van der Waals surface area contributed by atoms with Crippen LogP contribution < -0.4 is 15.4 Å². The van der Waals surface area contributed by atoms with Gasteiger partial charge < -0.3 is 20.1 Å². The van der Waals surface area contributed by atoms with Gasteiger partial charge in [-0.1, -0.05) is 22.6 Å². The Bertz CT molecular complexity index is 1510. The number of ether oxygens (including phenoxy) is 2. The van der Waals surface area contributed by atoms with E-state index >= 15 is 0 Å². The van der Waals surface area contributed by atoms with Crippen LogP contribution in [0.25, 0.3) is 0 Å². The number of rotatable bonds is 15. The first-order valence-electron chi connectivity index (χ1n) is 13.3. The highest BCUT2D eigenvalue weighted by molar-refractivity contribution is 5.92. The van der Waals surface area contributed by atoms with Crippen molar-refractivity contribution in [3.05, 3.63) is 83.2 Å². The number of benzene rings is 1. The Morgan fingerprint density at radius 3 is 2.16 bits per heavy atom. The summed E-state index contributed by atoms with van der Waals surface area (Å²) in [7, 11) is 1.60. The topological polar surface area (TPSA) is 151 Å². The molecule has 3 heterocycles. The minimum absolute atomic E-state index is 0.0317. The van der Waals surface area contributed by atoms with E-state index in [1.54, 1.807) is 18.0 Å². The van der Waals surface area contributed by atoms with Crippen LogP contribution in [0.3, 0.4) is 0 Å². The van der Waals surface area contributed by atoms with E-state index in [2.05, 4.69) is 36.2 Å². The monoisotopic (exact) mass is 601 g/mol. The molecule has 0 unspecified atom stereocenters. The molecule has 0 saturated carbocycles. The SMILES string of the molecule is COCCOc1cccc(CNC(=O)c2cn(CCCCn3cc(C(=O)NCc4cc(C(F)(F)F)ccn4)nn3)nn2)c1. The zero-order chi connectivity index (χ0) is 30.7. The molecule has 0 atom stereocenters. The number of alkyl halides is 3. The molecule has 2 amide bonds. The Kier molecular flexibility index (Phi) is 10.7. The molecule has 43 heavy (non-hydrogen) atoms. The number of aromatic nitrogens is 7. The van der Waals surface area contributed by atoms with Gasteiger partial charge in [-0.2, -0.15) is 13.2 Å². The molecule has 0 bridgehead atoms. The molecule has 4 rings (SSSR count). The summed E-state index contributed by atoms with van der Waals surface area (Å²) in [6.07, 6.45) is 0.916. The first kappa shape index (κ1) is 31.1. The maximum absolute atomic E-state index is 12.9. The summed E-state index contributed by atoms with van der Waals surface area (Å²) < 4.78 is 52.2. The van der Waals surface area contributed by atoms with Gasteiger partial charge in [0.15, 0.2) is 11.4 Å². The highest BCUT2D eigenvalue weighted by Gasteiger charge is 2.30. The molecule has 0 saturated heterocycles. The average molecular weight is 602 g/mol. The summed E-state index contributed by atoms with van der Waals surface area (Å²) in [6.45, 7) is 1.99. The largest absolute Gasteiger partial charge is 0.491 e. The van der Waals surface area contributed by atoms with Gasteiger partial charge in [0.05, 0.1) is 36.8 Å². The third-order valence-corrected chi connectivity index (χ3v) is 6.05. The number of pyridine rings is 1. The van der Waals surface area contributed by atoms with Gasteiger partial charge in [-0.05, 0) is 42.7 Å². The number of carbonyl (C=O) groups excluding carboxylic acids is 2. The lowest BCUT2D eigenvalue weighted by atomic mass is 10.2. The highest BCUT2D eigenvalue weighted by Crippen LogP contribution is 2.29. The van der Waals surface area contributed by atoms with Gasteiger partial charge in [0.2, 0.25) is 0 Å². The van der Waals surface area contributed by atoms with Crippen LogP contribution in [0.15, 0.2) is 55.0 Å². The lowest BCUT2D eigenvalue weighted by Gasteiger charge is -2.08. The Balaban J connectivity index is 1.16. The van der Waals surface area contributed by atoms with Crippen molar-refractivity contribution in [1.29, 1.82) is 0 Å². The Morgan fingerprint density at radius 1 is 0.884 bits per heavy atom. The van der Waals surface area contributed by atoms with Crippen LogP contribution in [-0.4, -0.2) is 67.1 Å². The molecule has 0 radical (unpaired) electrons. The van der Waals surface area contributed by atoms with E-state index in [9.17, 15) is 22.8 Å². The quantitative estimate of drug-likeness (QED) is 0.196. The maximum Gasteiger partial charge on any atom is 0.416 e. The predicted octanol–water partition coefficient (Wildman–Crippen LogP) is 2.65. The molecule has 0 aliphatic carbocycles. The number of carbonyl (C=O) groups is 2. The van der Waals surface area contributed by atoms with Crippen LogP contribution in [0.5, 0.6) is 5.75 Å². The van der Waals surface area contributed by atoms with Gasteiger partial charge in [-0.15, -0.1) is 10.2 Å². The molecule has 4 aromatic rings. The zero-order valence-corrected chi connectivity index (χ0v) is 23.3. The van der Waals surface area contributed by atoms with Gasteiger partial charge in [-0.3, -0.25) is 23.9 Å². The molecule has 0 spiro atoms. The first-order valence-corrected chi connectivity index (χ1v) is 13.3. The summed E-state index contributed by atoms with van der Waals surface area (Å²) in [5.74, 6) is -0.247. The number of nitrogens with zero attached hydrogens (tertiary/aromatic N) is 7. The number of halogens is 3. The van der Waals surface area contributed by atoms with Crippen molar-refractivity contribution in [2.75, 3.05) is 20.3 Å². The molecular formula is C27H30F3N9O4. The second-order valence-corrected chi connectivity index (χ2v) is 9.33. The first-order chi connectivity index (χ1) is 20.7.